The van der Waals surface area contributed by atoms with Crippen molar-refractivity contribution in [2.45, 2.75) is 25.2 Å². The zero-order chi connectivity index (χ0) is 16.3. The number of halogens is 1. The van der Waals surface area contributed by atoms with Crippen LogP contribution in [0.1, 0.15) is 17.0 Å². The monoisotopic (exact) mass is 340 g/mol. The van der Waals surface area contributed by atoms with E-state index in [0.717, 1.165) is 22.6 Å². The van der Waals surface area contributed by atoms with Crippen LogP contribution in [-0.2, 0) is 16.4 Å². The van der Waals surface area contributed by atoms with Gasteiger partial charge in [-0.3, -0.25) is 9.97 Å². The number of sulfonamides is 1. The molecule has 0 spiro atoms. The van der Waals surface area contributed by atoms with Gasteiger partial charge in [0.05, 0.1) is 16.4 Å². The minimum absolute atomic E-state index is 0.0676. The molecule has 0 atom stereocenters. The van der Waals surface area contributed by atoms with Gasteiger partial charge in [0.25, 0.3) is 0 Å². The smallest absolute Gasteiger partial charge is 0.239 e. The third kappa shape index (κ3) is 3.94. The van der Waals surface area contributed by atoms with Gasteiger partial charge in [0.2, 0.25) is 10.0 Å². The quantitative estimate of drug-likeness (QED) is 0.868. The van der Waals surface area contributed by atoms with Crippen LogP contribution in [0.5, 0.6) is 0 Å². The van der Waals surface area contributed by atoms with E-state index in [-0.39, 0.29) is 9.92 Å². The lowest BCUT2D eigenvalue weighted by Crippen LogP contribution is -2.14. The molecule has 3 N–H and O–H groups in total. The molecule has 8 heteroatoms. The van der Waals surface area contributed by atoms with E-state index in [1.807, 2.05) is 6.92 Å². The molecule has 22 heavy (non-hydrogen) atoms. The Morgan fingerprint density at radius 3 is 2.55 bits per heavy atom. The van der Waals surface area contributed by atoms with E-state index in [1.54, 1.807) is 25.4 Å². The molecular formula is C14H17ClN4O2S. The molecule has 0 fully saturated rings. The van der Waals surface area contributed by atoms with Crippen molar-refractivity contribution in [2.75, 3.05) is 11.9 Å². The minimum atomic E-state index is -3.82. The summed E-state index contributed by atoms with van der Waals surface area (Å²) >= 11 is 5.99. The Balaban J connectivity index is 2.11. The number of hydrogen-bond acceptors (Lipinski definition) is 5. The van der Waals surface area contributed by atoms with Gasteiger partial charge in [-0.05, 0) is 31.5 Å². The maximum absolute atomic E-state index is 11.4. The summed E-state index contributed by atoms with van der Waals surface area (Å²) in [6.45, 7) is 4.33. The minimum Gasteiger partial charge on any atom is -0.384 e. The summed E-state index contributed by atoms with van der Waals surface area (Å²) in [5, 5.41) is 8.44. The molecule has 6 nitrogen and oxygen atoms in total. The van der Waals surface area contributed by atoms with Crippen molar-refractivity contribution in [1.82, 2.24) is 9.97 Å². The highest BCUT2D eigenvalue weighted by Crippen LogP contribution is 2.27. The fourth-order valence-corrected chi connectivity index (χ4v) is 3.22. The Bertz CT molecular complexity index is 793. The summed E-state index contributed by atoms with van der Waals surface area (Å²) in [6, 6.07) is 3.04. The molecule has 1 aromatic carbocycles. The summed E-state index contributed by atoms with van der Waals surface area (Å²) < 4.78 is 22.8. The molecule has 0 bridgehead atoms. The van der Waals surface area contributed by atoms with E-state index in [0.29, 0.717) is 13.0 Å². The molecule has 1 aromatic heterocycles. The topological polar surface area (TPSA) is 98.0 Å². The molecule has 0 aliphatic heterocycles. The first-order valence-electron chi connectivity index (χ1n) is 6.62. The molecule has 0 aliphatic rings. The Hall–Kier alpha value is -1.70. The fraction of sp³-hybridized carbons (Fsp3) is 0.286. The van der Waals surface area contributed by atoms with Crippen LogP contribution >= 0.6 is 11.6 Å². The zero-order valence-corrected chi connectivity index (χ0v) is 13.9. The number of nitrogens with two attached hydrogens (primary N) is 1. The molecule has 2 rings (SSSR count). The van der Waals surface area contributed by atoms with Crippen LogP contribution in [0.3, 0.4) is 0 Å². The highest BCUT2D eigenvalue weighted by Gasteiger charge is 2.15. The summed E-state index contributed by atoms with van der Waals surface area (Å²) in [4.78, 5) is 8.39. The normalized spacial score (nSPS) is 11.5. The van der Waals surface area contributed by atoms with Crippen molar-refractivity contribution in [2.24, 2.45) is 5.14 Å². The summed E-state index contributed by atoms with van der Waals surface area (Å²) in [5.74, 6) is 0. The van der Waals surface area contributed by atoms with Crippen molar-refractivity contribution in [3.8, 4) is 0 Å². The lowest BCUT2D eigenvalue weighted by atomic mass is 10.2. The standard InChI is InChI=1S/C14H17ClN4O2S/c1-9-7-14(22(16,20)21)11(15)8-13(9)18-4-3-12-10(2)17-5-6-19-12/h5-8,18H,3-4H2,1-2H3,(H2,16,20,21). The van der Waals surface area contributed by atoms with Gasteiger partial charge in [-0.15, -0.1) is 0 Å². The van der Waals surface area contributed by atoms with Gasteiger partial charge in [0, 0.05) is 31.0 Å². The Kier molecular flexibility index (Phi) is 5.00. The van der Waals surface area contributed by atoms with Gasteiger partial charge < -0.3 is 5.32 Å². The Morgan fingerprint density at radius 2 is 1.91 bits per heavy atom. The van der Waals surface area contributed by atoms with Gasteiger partial charge >= 0.3 is 0 Å². The van der Waals surface area contributed by atoms with Gasteiger partial charge in [-0.1, -0.05) is 11.6 Å². The summed E-state index contributed by atoms with van der Waals surface area (Å²) in [7, 11) is -3.82. The maximum Gasteiger partial charge on any atom is 0.239 e. The molecule has 1 heterocycles. The molecular weight excluding hydrogens is 324 g/mol. The molecule has 2 aromatic rings. The van der Waals surface area contributed by atoms with Gasteiger partial charge in [0.1, 0.15) is 4.90 Å². The van der Waals surface area contributed by atoms with Crippen LogP contribution in [0.25, 0.3) is 0 Å². The number of benzene rings is 1. The molecule has 0 saturated heterocycles. The number of anilines is 1. The van der Waals surface area contributed by atoms with Crippen LogP contribution in [0, 0.1) is 13.8 Å². The lowest BCUT2D eigenvalue weighted by molar-refractivity contribution is 0.598. The molecule has 0 saturated carbocycles. The van der Waals surface area contributed by atoms with Crippen LogP contribution in [0.2, 0.25) is 5.02 Å². The zero-order valence-electron chi connectivity index (χ0n) is 12.3. The number of aryl methyl sites for hydroxylation is 2. The third-order valence-corrected chi connectivity index (χ3v) is 4.62. The van der Waals surface area contributed by atoms with E-state index in [2.05, 4.69) is 15.3 Å². The SMILES string of the molecule is Cc1cc(S(N)(=O)=O)c(Cl)cc1NCCc1nccnc1C. The largest absolute Gasteiger partial charge is 0.384 e. The molecule has 0 unspecified atom stereocenters. The highest BCUT2D eigenvalue weighted by molar-refractivity contribution is 7.89. The van der Waals surface area contributed by atoms with E-state index in [1.165, 1.54) is 6.07 Å². The van der Waals surface area contributed by atoms with Gasteiger partial charge in [0.15, 0.2) is 0 Å². The predicted molar refractivity (Wildman–Crippen MR) is 86.5 cm³/mol. The van der Waals surface area contributed by atoms with Crippen molar-refractivity contribution in [1.29, 1.82) is 0 Å². The Morgan fingerprint density at radius 1 is 1.23 bits per heavy atom. The van der Waals surface area contributed by atoms with Gasteiger partial charge in [-0.2, -0.15) is 0 Å². The first-order chi connectivity index (χ1) is 10.3. The van der Waals surface area contributed by atoms with E-state index >= 15 is 0 Å². The second-order valence-electron chi connectivity index (χ2n) is 4.91. The van der Waals surface area contributed by atoms with E-state index in [4.69, 9.17) is 16.7 Å². The average molecular weight is 341 g/mol. The van der Waals surface area contributed by atoms with E-state index < -0.39 is 10.0 Å². The van der Waals surface area contributed by atoms with Gasteiger partial charge in [-0.25, -0.2) is 13.6 Å². The predicted octanol–water partition coefficient (Wildman–Crippen LogP) is 2.05. The van der Waals surface area contributed by atoms with Crippen LogP contribution < -0.4 is 10.5 Å². The van der Waals surface area contributed by atoms with Crippen LogP contribution in [0.4, 0.5) is 5.69 Å². The molecule has 0 radical (unpaired) electrons. The molecule has 0 amide bonds. The lowest BCUT2D eigenvalue weighted by Gasteiger charge is -2.12. The second kappa shape index (κ2) is 6.60. The third-order valence-electron chi connectivity index (χ3n) is 3.25. The average Bonchev–Trinajstić information content (AvgIpc) is 2.43. The number of hydrogen-bond donors (Lipinski definition) is 2. The van der Waals surface area contributed by atoms with Crippen LogP contribution in [0.15, 0.2) is 29.4 Å². The van der Waals surface area contributed by atoms with Crippen molar-refractivity contribution in [3.05, 3.63) is 46.5 Å². The summed E-state index contributed by atoms with van der Waals surface area (Å²) in [6.07, 6.45) is 4.02. The first kappa shape index (κ1) is 16.7. The van der Waals surface area contributed by atoms with Crippen molar-refractivity contribution in [3.63, 3.8) is 0 Å². The first-order valence-corrected chi connectivity index (χ1v) is 8.55. The maximum atomic E-state index is 11.4. The number of aromatic nitrogens is 2. The number of primary sulfonamides is 1. The number of nitrogens with zero attached hydrogens (tertiary/aromatic N) is 2. The second-order valence-corrected chi connectivity index (χ2v) is 6.84. The Labute approximate surface area is 134 Å². The fourth-order valence-electron chi connectivity index (χ4n) is 2.06. The van der Waals surface area contributed by atoms with Crippen molar-refractivity contribution < 1.29 is 8.42 Å². The molecule has 118 valence electrons. The molecule has 0 aliphatic carbocycles. The van der Waals surface area contributed by atoms with Crippen molar-refractivity contribution >= 4 is 27.3 Å². The number of rotatable bonds is 5. The highest BCUT2D eigenvalue weighted by atomic mass is 35.5. The van der Waals surface area contributed by atoms with E-state index in [9.17, 15) is 8.42 Å². The number of nitrogens with one attached hydrogen (secondary N) is 1. The summed E-state index contributed by atoms with van der Waals surface area (Å²) in [5.41, 5.74) is 3.33. The van der Waals surface area contributed by atoms with Crippen LogP contribution in [-0.4, -0.2) is 24.9 Å².